The molecule has 1 aliphatic rings. The van der Waals surface area contributed by atoms with E-state index in [1.165, 1.54) is 0 Å². The van der Waals surface area contributed by atoms with Crippen molar-refractivity contribution < 1.29 is 4.79 Å². The Morgan fingerprint density at radius 3 is 2.75 bits per heavy atom. The second kappa shape index (κ2) is 4.97. The zero-order chi connectivity index (χ0) is 11.5. The maximum Gasteiger partial charge on any atom is 0.236 e. The van der Waals surface area contributed by atoms with Crippen molar-refractivity contribution in [3.63, 3.8) is 0 Å². The minimum Gasteiger partial charge on any atom is -0.341 e. The highest BCUT2D eigenvalue weighted by Crippen LogP contribution is 2.23. The fourth-order valence-corrected chi connectivity index (χ4v) is 2.32. The number of aromatic nitrogens is 2. The Kier molecular flexibility index (Phi) is 3.60. The van der Waals surface area contributed by atoms with Gasteiger partial charge in [0.2, 0.25) is 5.91 Å². The van der Waals surface area contributed by atoms with Crippen molar-refractivity contribution in [2.75, 3.05) is 19.6 Å². The van der Waals surface area contributed by atoms with Crippen LogP contribution in [0, 0.1) is 0 Å². The zero-order valence-electron chi connectivity index (χ0n) is 8.97. The molecule has 0 spiro atoms. The van der Waals surface area contributed by atoms with Crippen LogP contribution in [-0.4, -0.2) is 40.2 Å². The third-order valence-corrected chi connectivity index (χ3v) is 3.35. The maximum atomic E-state index is 11.4. The molecule has 1 fully saturated rings. The number of piperidine rings is 1. The van der Waals surface area contributed by atoms with Crippen molar-refractivity contribution >= 4 is 21.8 Å². The van der Waals surface area contributed by atoms with Crippen molar-refractivity contribution in [2.24, 2.45) is 5.73 Å². The van der Waals surface area contributed by atoms with E-state index in [1.807, 2.05) is 15.8 Å². The predicted molar refractivity (Wildman–Crippen MR) is 63.8 cm³/mol. The second-order valence-electron chi connectivity index (χ2n) is 3.95. The van der Waals surface area contributed by atoms with Crippen LogP contribution in [0.4, 0.5) is 0 Å². The van der Waals surface area contributed by atoms with Crippen LogP contribution in [-0.2, 0) is 4.79 Å². The largest absolute Gasteiger partial charge is 0.341 e. The van der Waals surface area contributed by atoms with Crippen LogP contribution in [0.3, 0.4) is 0 Å². The highest BCUT2D eigenvalue weighted by Gasteiger charge is 2.23. The van der Waals surface area contributed by atoms with E-state index in [0.717, 1.165) is 30.4 Å². The molecule has 2 heterocycles. The number of hydrogen-bond donors (Lipinski definition) is 1. The topological polar surface area (TPSA) is 64.2 Å². The summed E-state index contributed by atoms with van der Waals surface area (Å²) in [5, 5.41) is 4.27. The molecular formula is C10H15BrN4O. The Balaban J connectivity index is 1.92. The standard InChI is InChI=1S/C10H15BrN4O/c11-8-6-13-15(7-8)9-1-3-14(4-2-9)10(16)5-12/h6-7,9H,1-5,12H2. The van der Waals surface area contributed by atoms with Crippen molar-refractivity contribution in [1.82, 2.24) is 14.7 Å². The van der Waals surface area contributed by atoms with Gasteiger partial charge in [0.05, 0.1) is 23.3 Å². The average Bonchev–Trinajstić information content (AvgIpc) is 2.75. The lowest BCUT2D eigenvalue weighted by atomic mass is 10.1. The molecule has 6 heteroatoms. The molecule has 0 aromatic carbocycles. The molecule has 88 valence electrons. The van der Waals surface area contributed by atoms with E-state index < -0.39 is 0 Å². The number of hydrogen-bond acceptors (Lipinski definition) is 3. The van der Waals surface area contributed by atoms with Crippen molar-refractivity contribution in [3.8, 4) is 0 Å². The highest BCUT2D eigenvalue weighted by molar-refractivity contribution is 9.10. The Bertz CT molecular complexity index is 371. The Morgan fingerprint density at radius 2 is 2.25 bits per heavy atom. The van der Waals surface area contributed by atoms with Gasteiger partial charge < -0.3 is 10.6 Å². The van der Waals surface area contributed by atoms with Crippen LogP contribution in [0.5, 0.6) is 0 Å². The molecule has 1 amide bonds. The minimum atomic E-state index is 0.0418. The second-order valence-corrected chi connectivity index (χ2v) is 4.87. The molecule has 1 aromatic rings. The van der Waals surface area contributed by atoms with Gasteiger partial charge in [0.15, 0.2) is 0 Å². The van der Waals surface area contributed by atoms with Gasteiger partial charge in [-0.05, 0) is 28.8 Å². The van der Waals surface area contributed by atoms with Gasteiger partial charge in [-0.3, -0.25) is 9.48 Å². The predicted octanol–water partition coefficient (Wildman–Crippen LogP) is 0.768. The number of rotatable bonds is 2. The first-order chi connectivity index (χ1) is 7.70. The summed E-state index contributed by atoms with van der Waals surface area (Å²) in [5.41, 5.74) is 5.34. The molecule has 0 saturated carbocycles. The summed E-state index contributed by atoms with van der Waals surface area (Å²) >= 11 is 3.38. The smallest absolute Gasteiger partial charge is 0.236 e. The molecule has 0 unspecified atom stereocenters. The Morgan fingerprint density at radius 1 is 1.56 bits per heavy atom. The van der Waals surface area contributed by atoms with Gasteiger partial charge in [-0.25, -0.2) is 0 Å². The number of carbonyl (C=O) groups excluding carboxylic acids is 1. The lowest BCUT2D eigenvalue weighted by Crippen LogP contribution is -2.42. The highest BCUT2D eigenvalue weighted by atomic mass is 79.9. The SMILES string of the molecule is NCC(=O)N1CCC(n2cc(Br)cn2)CC1. The van der Waals surface area contributed by atoms with Crippen LogP contribution in [0.15, 0.2) is 16.9 Å². The first-order valence-electron chi connectivity index (χ1n) is 5.38. The zero-order valence-corrected chi connectivity index (χ0v) is 10.6. The van der Waals surface area contributed by atoms with E-state index in [4.69, 9.17) is 5.73 Å². The molecule has 2 rings (SSSR count). The van der Waals surface area contributed by atoms with E-state index in [2.05, 4.69) is 21.0 Å². The van der Waals surface area contributed by atoms with E-state index in [1.54, 1.807) is 6.20 Å². The molecule has 2 N–H and O–H groups in total. The average molecular weight is 287 g/mol. The quantitative estimate of drug-likeness (QED) is 0.873. The van der Waals surface area contributed by atoms with Crippen LogP contribution in [0.2, 0.25) is 0 Å². The summed E-state index contributed by atoms with van der Waals surface area (Å²) in [6.07, 6.45) is 5.65. The van der Waals surface area contributed by atoms with E-state index in [-0.39, 0.29) is 12.5 Å². The normalized spacial score (nSPS) is 17.8. The molecular weight excluding hydrogens is 272 g/mol. The molecule has 1 saturated heterocycles. The summed E-state index contributed by atoms with van der Waals surface area (Å²) in [6, 6.07) is 0.396. The van der Waals surface area contributed by atoms with E-state index >= 15 is 0 Å². The first kappa shape index (κ1) is 11.6. The fourth-order valence-electron chi connectivity index (χ4n) is 2.02. The van der Waals surface area contributed by atoms with Crippen LogP contribution >= 0.6 is 15.9 Å². The molecule has 1 aliphatic heterocycles. The van der Waals surface area contributed by atoms with Crippen LogP contribution in [0.25, 0.3) is 0 Å². The minimum absolute atomic E-state index is 0.0418. The fraction of sp³-hybridized carbons (Fsp3) is 0.600. The third-order valence-electron chi connectivity index (χ3n) is 2.94. The molecule has 0 aliphatic carbocycles. The summed E-state index contributed by atoms with van der Waals surface area (Å²) in [7, 11) is 0. The van der Waals surface area contributed by atoms with Crippen molar-refractivity contribution in [2.45, 2.75) is 18.9 Å². The van der Waals surface area contributed by atoms with Gasteiger partial charge in [-0.15, -0.1) is 0 Å². The summed E-state index contributed by atoms with van der Waals surface area (Å²) in [5.74, 6) is 0.0418. The van der Waals surface area contributed by atoms with Gasteiger partial charge >= 0.3 is 0 Å². The monoisotopic (exact) mass is 286 g/mol. The third kappa shape index (κ3) is 2.44. The Hall–Kier alpha value is -0.880. The van der Waals surface area contributed by atoms with Crippen molar-refractivity contribution in [3.05, 3.63) is 16.9 Å². The van der Waals surface area contributed by atoms with Crippen molar-refractivity contribution in [1.29, 1.82) is 0 Å². The molecule has 5 nitrogen and oxygen atoms in total. The number of nitrogens with two attached hydrogens (primary N) is 1. The van der Waals surface area contributed by atoms with Gasteiger partial charge in [-0.2, -0.15) is 5.10 Å². The number of carbonyl (C=O) groups is 1. The number of nitrogens with zero attached hydrogens (tertiary/aromatic N) is 3. The van der Waals surface area contributed by atoms with Gasteiger partial charge in [0.25, 0.3) is 0 Å². The molecule has 0 atom stereocenters. The molecule has 1 aromatic heterocycles. The first-order valence-corrected chi connectivity index (χ1v) is 6.17. The number of likely N-dealkylation sites (tertiary alicyclic amines) is 1. The number of halogens is 1. The number of amides is 1. The van der Waals surface area contributed by atoms with Gasteiger partial charge in [0, 0.05) is 19.3 Å². The molecule has 0 bridgehead atoms. The van der Waals surface area contributed by atoms with Gasteiger partial charge in [-0.1, -0.05) is 0 Å². The molecule has 16 heavy (non-hydrogen) atoms. The lowest BCUT2D eigenvalue weighted by Gasteiger charge is -2.31. The lowest BCUT2D eigenvalue weighted by molar-refractivity contribution is -0.130. The summed E-state index contributed by atoms with van der Waals surface area (Å²) < 4.78 is 2.96. The summed E-state index contributed by atoms with van der Waals surface area (Å²) in [4.78, 5) is 13.2. The van der Waals surface area contributed by atoms with Crippen LogP contribution < -0.4 is 5.73 Å². The summed E-state index contributed by atoms with van der Waals surface area (Å²) in [6.45, 7) is 1.66. The Labute approximate surface area is 103 Å². The maximum absolute atomic E-state index is 11.4. The van der Waals surface area contributed by atoms with E-state index in [0.29, 0.717) is 6.04 Å². The van der Waals surface area contributed by atoms with Gasteiger partial charge in [0.1, 0.15) is 0 Å². The molecule has 0 radical (unpaired) electrons. The van der Waals surface area contributed by atoms with E-state index in [9.17, 15) is 4.79 Å². The van der Waals surface area contributed by atoms with Crippen LogP contribution in [0.1, 0.15) is 18.9 Å².